The minimum absolute atomic E-state index is 0.0958. The third-order valence-corrected chi connectivity index (χ3v) is 3.93. The summed E-state index contributed by atoms with van der Waals surface area (Å²) < 4.78 is 5.89. The van der Waals surface area contributed by atoms with E-state index in [1.54, 1.807) is 5.57 Å². The summed E-state index contributed by atoms with van der Waals surface area (Å²) in [6, 6.07) is 0. The van der Waals surface area contributed by atoms with Gasteiger partial charge in [-0.25, -0.2) is 0 Å². The van der Waals surface area contributed by atoms with Crippen LogP contribution in [0.1, 0.15) is 40.5 Å². The standard InChI is InChI=1S/C13H22O/c1-9-5-11-7-13(3,4)14-8-12(11)6-10(9)2/h5,10-12H,6-8H2,1-4H3/t10-,11+,12-/m0/s1. The van der Waals surface area contributed by atoms with E-state index >= 15 is 0 Å². The zero-order chi connectivity index (χ0) is 10.3. The molecule has 0 aromatic carbocycles. The van der Waals surface area contributed by atoms with Crippen LogP contribution in [0.25, 0.3) is 0 Å². The van der Waals surface area contributed by atoms with E-state index < -0.39 is 0 Å². The molecule has 1 heteroatoms. The van der Waals surface area contributed by atoms with Crippen LogP contribution < -0.4 is 0 Å². The molecule has 0 N–H and O–H groups in total. The van der Waals surface area contributed by atoms with E-state index in [-0.39, 0.29) is 5.60 Å². The highest BCUT2D eigenvalue weighted by Crippen LogP contribution is 2.41. The fourth-order valence-electron chi connectivity index (χ4n) is 2.83. The maximum Gasteiger partial charge on any atom is 0.0632 e. The molecule has 1 heterocycles. The number of ether oxygens (including phenoxy) is 1. The second-order valence-electron chi connectivity index (χ2n) is 5.75. The molecule has 0 aromatic heterocycles. The molecule has 2 aliphatic rings. The first kappa shape index (κ1) is 10.2. The van der Waals surface area contributed by atoms with Gasteiger partial charge in [0.05, 0.1) is 12.2 Å². The average molecular weight is 194 g/mol. The molecule has 0 bridgehead atoms. The summed E-state index contributed by atoms with van der Waals surface area (Å²) in [5.41, 5.74) is 1.68. The van der Waals surface area contributed by atoms with Gasteiger partial charge in [-0.1, -0.05) is 18.6 Å². The fourth-order valence-corrected chi connectivity index (χ4v) is 2.83. The fraction of sp³-hybridized carbons (Fsp3) is 0.846. The molecule has 0 amide bonds. The van der Waals surface area contributed by atoms with Crippen LogP contribution in [0.2, 0.25) is 0 Å². The maximum absolute atomic E-state index is 5.89. The van der Waals surface area contributed by atoms with Crippen LogP contribution in [-0.4, -0.2) is 12.2 Å². The van der Waals surface area contributed by atoms with Crippen LogP contribution in [0, 0.1) is 17.8 Å². The van der Waals surface area contributed by atoms with Crippen LogP contribution in [-0.2, 0) is 4.74 Å². The van der Waals surface area contributed by atoms with Crippen LogP contribution in [0.4, 0.5) is 0 Å². The number of hydrogen-bond acceptors (Lipinski definition) is 1. The lowest BCUT2D eigenvalue weighted by molar-refractivity contribution is -0.0987. The van der Waals surface area contributed by atoms with Crippen molar-refractivity contribution in [1.82, 2.24) is 0 Å². The topological polar surface area (TPSA) is 9.23 Å². The Kier molecular flexibility index (Phi) is 2.46. The van der Waals surface area contributed by atoms with Crippen molar-refractivity contribution in [2.24, 2.45) is 17.8 Å². The summed E-state index contributed by atoms with van der Waals surface area (Å²) in [6.45, 7) is 10.0. The molecule has 0 radical (unpaired) electrons. The second kappa shape index (κ2) is 3.37. The highest BCUT2D eigenvalue weighted by atomic mass is 16.5. The van der Waals surface area contributed by atoms with Crippen LogP contribution >= 0.6 is 0 Å². The predicted molar refractivity (Wildman–Crippen MR) is 59.2 cm³/mol. The Hall–Kier alpha value is -0.300. The Labute approximate surface area is 87.5 Å². The molecule has 0 aromatic rings. The van der Waals surface area contributed by atoms with Crippen molar-refractivity contribution in [2.45, 2.75) is 46.1 Å². The molecule has 3 atom stereocenters. The number of fused-ring (bicyclic) bond motifs is 1. The van der Waals surface area contributed by atoms with Crippen molar-refractivity contribution in [1.29, 1.82) is 0 Å². The van der Waals surface area contributed by atoms with Gasteiger partial charge in [0.1, 0.15) is 0 Å². The van der Waals surface area contributed by atoms with Crippen molar-refractivity contribution >= 4 is 0 Å². The highest BCUT2D eigenvalue weighted by molar-refractivity contribution is 5.12. The van der Waals surface area contributed by atoms with Gasteiger partial charge in [-0.2, -0.15) is 0 Å². The van der Waals surface area contributed by atoms with Crippen molar-refractivity contribution < 1.29 is 4.74 Å². The summed E-state index contributed by atoms with van der Waals surface area (Å²) in [5, 5.41) is 0. The minimum Gasteiger partial charge on any atom is -0.375 e. The highest BCUT2D eigenvalue weighted by Gasteiger charge is 2.37. The molecule has 2 rings (SSSR count). The van der Waals surface area contributed by atoms with Gasteiger partial charge in [0.25, 0.3) is 0 Å². The van der Waals surface area contributed by atoms with Gasteiger partial charge in [0, 0.05) is 0 Å². The third-order valence-electron chi connectivity index (χ3n) is 3.93. The lowest BCUT2D eigenvalue weighted by atomic mass is 9.71. The molecule has 1 saturated heterocycles. The van der Waals surface area contributed by atoms with E-state index in [9.17, 15) is 0 Å². The first-order valence-corrected chi connectivity index (χ1v) is 5.80. The third kappa shape index (κ3) is 1.88. The number of rotatable bonds is 0. The van der Waals surface area contributed by atoms with Crippen LogP contribution in [0.3, 0.4) is 0 Å². The second-order valence-corrected chi connectivity index (χ2v) is 5.75. The lowest BCUT2D eigenvalue weighted by Crippen LogP contribution is -2.41. The Morgan fingerprint density at radius 3 is 2.86 bits per heavy atom. The Morgan fingerprint density at radius 1 is 1.43 bits per heavy atom. The van der Waals surface area contributed by atoms with Crippen LogP contribution in [0.5, 0.6) is 0 Å². The van der Waals surface area contributed by atoms with E-state index in [2.05, 4.69) is 33.8 Å². The average Bonchev–Trinajstić information content (AvgIpc) is 2.07. The molecular formula is C13H22O. The predicted octanol–water partition coefficient (Wildman–Crippen LogP) is 3.40. The molecule has 0 spiro atoms. The quantitative estimate of drug-likeness (QED) is 0.537. The largest absolute Gasteiger partial charge is 0.375 e. The number of allylic oxidation sites excluding steroid dienone is 2. The lowest BCUT2D eigenvalue weighted by Gasteiger charge is -2.43. The molecule has 1 fully saturated rings. The zero-order valence-corrected chi connectivity index (χ0v) is 9.84. The Morgan fingerprint density at radius 2 is 2.14 bits per heavy atom. The van der Waals surface area contributed by atoms with Crippen molar-refractivity contribution in [3.63, 3.8) is 0 Å². The van der Waals surface area contributed by atoms with Gasteiger partial charge in [0.2, 0.25) is 0 Å². The first-order chi connectivity index (χ1) is 6.48. The maximum atomic E-state index is 5.89. The Bertz CT molecular complexity index is 252. The smallest absolute Gasteiger partial charge is 0.0632 e. The van der Waals surface area contributed by atoms with E-state index in [0.717, 1.165) is 24.4 Å². The molecule has 80 valence electrons. The SMILES string of the molecule is CC1=C[C@@H]2CC(C)(C)OC[C@@H]2C[C@@H]1C. The van der Waals surface area contributed by atoms with Crippen LogP contribution in [0.15, 0.2) is 11.6 Å². The minimum atomic E-state index is 0.0958. The summed E-state index contributed by atoms with van der Waals surface area (Å²) >= 11 is 0. The monoisotopic (exact) mass is 194 g/mol. The molecule has 1 nitrogen and oxygen atoms in total. The molecular weight excluding hydrogens is 172 g/mol. The first-order valence-electron chi connectivity index (χ1n) is 5.80. The van der Waals surface area contributed by atoms with Gasteiger partial charge in [-0.15, -0.1) is 0 Å². The van der Waals surface area contributed by atoms with Gasteiger partial charge in [-0.05, 0) is 51.4 Å². The summed E-state index contributed by atoms with van der Waals surface area (Å²) in [7, 11) is 0. The molecule has 0 unspecified atom stereocenters. The van der Waals surface area contributed by atoms with E-state index in [1.807, 2.05) is 0 Å². The van der Waals surface area contributed by atoms with E-state index in [1.165, 1.54) is 12.8 Å². The van der Waals surface area contributed by atoms with Crippen molar-refractivity contribution in [3.8, 4) is 0 Å². The molecule has 1 aliphatic carbocycles. The summed E-state index contributed by atoms with van der Waals surface area (Å²) in [4.78, 5) is 0. The molecule has 14 heavy (non-hydrogen) atoms. The van der Waals surface area contributed by atoms with Gasteiger partial charge in [-0.3, -0.25) is 0 Å². The molecule has 1 aliphatic heterocycles. The summed E-state index contributed by atoms with van der Waals surface area (Å²) in [6.07, 6.45) is 5.02. The molecule has 0 saturated carbocycles. The van der Waals surface area contributed by atoms with Gasteiger partial charge >= 0.3 is 0 Å². The number of hydrogen-bond donors (Lipinski definition) is 0. The van der Waals surface area contributed by atoms with Crippen molar-refractivity contribution in [2.75, 3.05) is 6.61 Å². The van der Waals surface area contributed by atoms with E-state index in [4.69, 9.17) is 4.74 Å². The van der Waals surface area contributed by atoms with Crippen molar-refractivity contribution in [3.05, 3.63) is 11.6 Å². The normalized spacial score (nSPS) is 41.4. The van der Waals surface area contributed by atoms with Gasteiger partial charge in [0.15, 0.2) is 0 Å². The Balaban J connectivity index is 2.14. The zero-order valence-electron chi connectivity index (χ0n) is 9.84. The summed E-state index contributed by atoms with van der Waals surface area (Å²) in [5.74, 6) is 2.32. The van der Waals surface area contributed by atoms with E-state index in [0.29, 0.717) is 0 Å². The van der Waals surface area contributed by atoms with Gasteiger partial charge < -0.3 is 4.74 Å².